The Morgan fingerprint density at radius 1 is 1.31 bits per heavy atom. The minimum atomic E-state index is 0.563. The van der Waals surface area contributed by atoms with Gasteiger partial charge in [-0.15, -0.1) is 0 Å². The van der Waals surface area contributed by atoms with Crippen LogP contribution in [0.1, 0.15) is 6.92 Å². The van der Waals surface area contributed by atoms with E-state index in [0.717, 1.165) is 0 Å². The molecule has 71 valence electrons. The Hall–Kier alpha value is -1.38. The summed E-state index contributed by atoms with van der Waals surface area (Å²) >= 11 is 0. The molecule has 13 heavy (non-hydrogen) atoms. The van der Waals surface area contributed by atoms with Crippen molar-refractivity contribution in [3.63, 3.8) is 0 Å². The number of ether oxygens (including phenoxy) is 3. The Morgan fingerprint density at radius 3 is 2.62 bits per heavy atom. The van der Waals surface area contributed by atoms with Crippen molar-refractivity contribution in [1.29, 1.82) is 0 Å². The van der Waals surface area contributed by atoms with Gasteiger partial charge in [-0.05, 0) is 19.1 Å². The zero-order chi connectivity index (χ0) is 9.68. The molecule has 1 aromatic rings. The highest BCUT2D eigenvalue weighted by molar-refractivity contribution is 5.50. The third kappa shape index (κ3) is 2.05. The fourth-order valence-corrected chi connectivity index (χ4v) is 1.06. The largest absolute Gasteiger partial charge is 0.492 e. The molecule has 0 spiro atoms. The monoisotopic (exact) mass is 181 g/mol. The smallest absolute Gasteiger partial charge is 0.203 e. The van der Waals surface area contributed by atoms with Crippen LogP contribution in [0.3, 0.4) is 0 Å². The van der Waals surface area contributed by atoms with Crippen LogP contribution >= 0.6 is 0 Å². The van der Waals surface area contributed by atoms with E-state index in [-0.39, 0.29) is 0 Å². The van der Waals surface area contributed by atoms with Crippen LogP contribution in [0.2, 0.25) is 0 Å². The van der Waals surface area contributed by atoms with Gasteiger partial charge in [-0.25, -0.2) is 0 Å². The lowest BCUT2D eigenvalue weighted by Gasteiger charge is -2.11. The fourth-order valence-electron chi connectivity index (χ4n) is 1.06. The van der Waals surface area contributed by atoms with Crippen LogP contribution in [0, 0.1) is 6.07 Å². The Bertz CT molecular complexity index is 271. The van der Waals surface area contributed by atoms with Crippen molar-refractivity contribution in [1.82, 2.24) is 0 Å². The lowest BCUT2D eigenvalue weighted by molar-refractivity contribution is 0.296. The van der Waals surface area contributed by atoms with Gasteiger partial charge in [0.15, 0.2) is 11.5 Å². The molecule has 3 nitrogen and oxygen atoms in total. The van der Waals surface area contributed by atoms with E-state index in [2.05, 4.69) is 6.07 Å². The highest BCUT2D eigenvalue weighted by atomic mass is 16.5. The molecule has 1 aromatic carbocycles. The molecule has 0 aliphatic carbocycles. The van der Waals surface area contributed by atoms with Crippen LogP contribution in [-0.2, 0) is 0 Å². The third-order valence-electron chi connectivity index (χ3n) is 1.59. The van der Waals surface area contributed by atoms with Gasteiger partial charge in [0.05, 0.1) is 20.8 Å². The second-order valence-corrected chi connectivity index (χ2v) is 2.34. The first kappa shape index (κ1) is 9.71. The Labute approximate surface area is 78.2 Å². The van der Waals surface area contributed by atoms with Crippen molar-refractivity contribution in [3.05, 3.63) is 18.2 Å². The van der Waals surface area contributed by atoms with Crippen molar-refractivity contribution in [2.45, 2.75) is 6.92 Å². The molecule has 0 aromatic heterocycles. The van der Waals surface area contributed by atoms with Gasteiger partial charge in [0.25, 0.3) is 0 Å². The van der Waals surface area contributed by atoms with Crippen LogP contribution < -0.4 is 14.2 Å². The average Bonchev–Trinajstić information content (AvgIpc) is 2.18. The highest BCUT2D eigenvalue weighted by Crippen LogP contribution is 2.35. The molecule has 1 rings (SSSR count). The van der Waals surface area contributed by atoms with Gasteiger partial charge in [0.1, 0.15) is 0 Å². The van der Waals surface area contributed by atoms with Crippen molar-refractivity contribution >= 4 is 0 Å². The van der Waals surface area contributed by atoms with E-state index in [1.165, 1.54) is 0 Å². The molecule has 0 aliphatic heterocycles. The van der Waals surface area contributed by atoms with Gasteiger partial charge in [0.2, 0.25) is 5.75 Å². The summed E-state index contributed by atoms with van der Waals surface area (Å²) in [5, 5.41) is 0. The van der Waals surface area contributed by atoms with Gasteiger partial charge in [-0.1, -0.05) is 0 Å². The lowest BCUT2D eigenvalue weighted by Crippen LogP contribution is -1.97. The molecule has 0 aliphatic rings. The van der Waals surface area contributed by atoms with Gasteiger partial charge in [0, 0.05) is 6.07 Å². The molecule has 0 unspecified atom stereocenters. The summed E-state index contributed by atoms with van der Waals surface area (Å²) in [7, 11) is 3.15. The van der Waals surface area contributed by atoms with Gasteiger partial charge >= 0.3 is 0 Å². The summed E-state index contributed by atoms with van der Waals surface area (Å²) in [5.41, 5.74) is 0. The molecule has 0 fully saturated rings. The second kappa shape index (κ2) is 4.60. The van der Waals surface area contributed by atoms with E-state index in [1.807, 2.05) is 6.92 Å². The van der Waals surface area contributed by atoms with Gasteiger partial charge < -0.3 is 14.2 Å². The fraction of sp³-hybridized carbons (Fsp3) is 0.400. The molecule has 1 radical (unpaired) electrons. The minimum absolute atomic E-state index is 0.563. The Balaban J connectivity index is 3.03. The minimum Gasteiger partial charge on any atom is -0.492 e. The maximum Gasteiger partial charge on any atom is 0.203 e. The SMILES string of the molecule is CCOc1cc[c]c(OC)c1OC. The van der Waals surface area contributed by atoms with Crippen molar-refractivity contribution in [2.75, 3.05) is 20.8 Å². The molecular weight excluding hydrogens is 168 g/mol. The van der Waals surface area contributed by atoms with Crippen LogP contribution in [0.4, 0.5) is 0 Å². The van der Waals surface area contributed by atoms with Crippen LogP contribution in [0.25, 0.3) is 0 Å². The molecule has 0 saturated carbocycles. The number of rotatable bonds is 4. The quantitative estimate of drug-likeness (QED) is 0.710. The molecule has 0 N–H and O–H groups in total. The standard InChI is InChI=1S/C10H13O3/c1-4-13-9-7-5-6-8(11-2)10(9)12-3/h5,7H,4H2,1-3H3. The normalized spacial score (nSPS) is 9.46. The van der Waals surface area contributed by atoms with Crippen LogP contribution in [0.15, 0.2) is 12.1 Å². The zero-order valence-electron chi connectivity index (χ0n) is 8.09. The van der Waals surface area contributed by atoms with E-state index >= 15 is 0 Å². The van der Waals surface area contributed by atoms with E-state index < -0.39 is 0 Å². The summed E-state index contributed by atoms with van der Waals surface area (Å²) in [5.74, 6) is 1.83. The van der Waals surface area contributed by atoms with E-state index in [4.69, 9.17) is 14.2 Å². The number of benzene rings is 1. The maximum absolute atomic E-state index is 5.35. The predicted octanol–water partition coefficient (Wildman–Crippen LogP) is 1.90. The van der Waals surface area contributed by atoms with E-state index in [1.54, 1.807) is 26.4 Å². The highest BCUT2D eigenvalue weighted by Gasteiger charge is 2.09. The summed E-state index contributed by atoms with van der Waals surface area (Å²) in [6, 6.07) is 6.45. The zero-order valence-corrected chi connectivity index (χ0v) is 8.09. The van der Waals surface area contributed by atoms with Gasteiger partial charge in [-0.2, -0.15) is 0 Å². The van der Waals surface area contributed by atoms with Crippen molar-refractivity contribution < 1.29 is 14.2 Å². The molecular formula is C10H13O3. The summed E-state index contributed by atoms with van der Waals surface area (Å²) in [6.45, 7) is 2.52. The Kier molecular flexibility index (Phi) is 3.43. The number of hydrogen-bond donors (Lipinski definition) is 0. The van der Waals surface area contributed by atoms with E-state index in [9.17, 15) is 0 Å². The summed E-state index contributed by atoms with van der Waals surface area (Å²) in [6.07, 6.45) is 0. The van der Waals surface area contributed by atoms with E-state index in [0.29, 0.717) is 23.9 Å². The molecule has 3 heteroatoms. The molecule has 0 heterocycles. The number of hydrogen-bond acceptors (Lipinski definition) is 3. The predicted molar refractivity (Wildman–Crippen MR) is 49.6 cm³/mol. The van der Waals surface area contributed by atoms with Crippen LogP contribution in [0.5, 0.6) is 17.2 Å². The summed E-state index contributed by atoms with van der Waals surface area (Å²) < 4.78 is 15.5. The molecule has 0 amide bonds. The van der Waals surface area contributed by atoms with Crippen LogP contribution in [-0.4, -0.2) is 20.8 Å². The number of methoxy groups -OCH3 is 2. The first-order chi connectivity index (χ1) is 6.33. The molecule has 0 saturated heterocycles. The Morgan fingerprint density at radius 2 is 2.08 bits per heavy atom. The first-order valence-electron chi connectivity index (χ1n) is 4.09. The lowest BCUT2D eigenvalue weighted by atomic mass is 10.3. The third-order valence-corrected chi connectivity index (χ3v) is 1.59. The second-order valence-electron chi connectivity index (χ2n) is 2.34. The molecule has 0 atom stereocenters. The average molecular weight is 181 g/mol. The first-order valence-corrected chi connectivity index (χ1v) is 4.09. The topological polar surface area (TPSA) is 27.7 Å². The molecule has 0 bridgehead atoms. The summed E-state index contributed by atoms with van der Waals surface area (Å²) in [4.78, 5) is 0. The van der Waals surface area contributed by atoms with Gasteiger partial charge in [-0.3, -0.25) is 0 Å². The maximum atomic E-state index is 5.35. The van der Waals surface area contributed by atoms with Crippen molar-refractivity contribution in [2.24, 2.45) is 0 Å². The van der Waals surface area contributed by atoms with Crippen molar-refractivity contribution in [3.8, 4) is 17.2 Å².